The second-order valence-electron chi connectivity index (χ2n) is 3.49. The van der Waals surface area contributed by atoms with E-state index in [9.17, 15) is 9.90 Å². The smallest absolute Gasteiger partial charge is 0.183 e. The Hall–Kier alpha value is -0.890. The second-order valence-corrected chi connectivity index (χ2v) is 3.49. The molecule has 72 valence electrons. The van der Waals surface area contributed by atoms with Gasteiger partial charge in [-0.25, -0.2) is 0 Å². The number of allylic oxidation sites excluding steroid dienone is 3. The number of rotatable bonds is 0. The maximum absolute atomic E-state index is 11.2. The van der Waals surface area contributed by atoms with Crippen molar-refractivity contribution in [2.75, 3.05) is 0 Å². The maximum Gasteiger partial charge on any atom is 0.183 e. The van der Waals surface area contributed by atoms with E-state index in [-0.39, 0.29) is 5.78 Å². The highest BCUT2D eigenvalue weighted by Gasteiger charge is 2.10. The molecule has 1 unspecified atom stereocenters. The van der Waals surface area contributed by atoms with Gasteiger partial charge in [-0.15, -0.1) is 0 Å². The number of carbonyl (C=O) groups is 1. The zero-order chi connectivity index (χ0) is 9.68. The molecule has 0 spiro atoms. The minimum Gasteiger partial charge on any atom is -0.385 e. The topological polar surface area (TPSA) is 37.3 Å². The molecule has 0 amide bonds. The van der Waals surface area contributed by atoms with Crippen LogP contribution in [0, 0.1) is 0 Å². The first-order valence-electron chi connectivity index (χ1n) is 4.74. The van der Waals surface area contributed by atoms with Crippen molar-refractivity contribution in [3.8, 4) is 0 Å². The molecule has 0 fully saturated rings. The van der Waals surface area contributed by atoms with E-state index in [0.717, 1.165) is 19.3 Å². The van der Waals surface area contributed by atoms with Crippen LogP contribution >= 0.6 is 0 Å². The van der Waals surface area contributed by atoms with Crippen LogP contribution < -0.4 is 0 Å². The number of aliphatic hydroxyl groups is 1. The van der Waals surface area contributed by atoms with Crippen LogP contribution in [0.2, 0.25) is 0 Å². The van der Waals surface area contributed by atoms with Crippen molar-refractivity contribution >= 4 is 5.78 Å². The summed E-state index contributed by atoms with van der Waals surface area (Å²) in [7, 11) is 0. The molecule has 1 aliphatic rings. The van der Waals surface area contributed by atoms with Crippen molar-refractivity contribution in [3.63, 3.8) is 0 Å². The van der Waals surface area contributed by atoms with Gasteiger partial charge in [-0.05, 0) is 38.7 Å². The summed E-state index contributed by atoms with van der Waals surface area (Å²) in [5, 5.41) is 9.36. The van der Waals surface area contributed by atoms with Crippen LogP contribution in [0.3, 0.4) is 0 Å². The average molecular weight is 180 g/mol. The SMILES string of the molecule is C/C1=C\CCC(O)C(=O)/C=C\CC1. The number of ketones is 1. The van der Waals surface area contributed by atoms with Crippen LogP contribution in [0.15, 0.2) is 23.8 Å². The van der Waals surface area contributed by atoms with Crippen molar-refractivity contribution in [2.24, 2.45) is 0 Å². The molecular formula is C11H16O2. The highest BCUT2D eigenvalue weighted by Crippen LogP contribution is 2.11. The van der Waals surface area contributed by atoms with Gasteiger partial charge in [0.05, 0.1) is 0 Å². The quantitative estimate of drug-likeness (QED) is 0.579. The lowest BCUT2D eigenvalue weighted by atomic mass is 10.0. The molecule has 0 aliphatic heterocycles. The lowest BCUT2D eigenvalue weighted by molar-refractivity contribution is -0.122. The molecule has 2 heteroatoms. The summed E-state index contributed by atoms with van der Waals surface area (Å²) in [6.45, 7) is 2.09. The first-order chi connectivity index (χ1) is 6.20. The molecule has 1 aliphatic carbocycles. The molecule has 1 N–H and O–H groups in total. The number of carbonyl (C=O) groups excluding carboxylic acids is 1. The zero-order valence-electron chi connectivity index (χ0n) is 7.99. The van der Waals surface area contributed by atoms with Crippen LogP contribution in [0.1, 0.15) is 32.6 Å². The van der Waals surface area contributed by atoms with E-state index in [1.807, 2.05) is 6.08 Å². The van der Waals surface area contributed by atoms with Gasteiger partial charge >= 0.3 is 0 Å². The highest BCUT2D eigenvalue weighted by atomic mass is 16.3. The van der Waals surface area contributed by atoms with Gasteiger partial charge in [0.1, 0.15) is 6.10 Å². The minimum absolute atomic E-state index is 0.159. The summed E-state index contributed by atoms with van der Waals surface area (Å²) in [5.41, 5.74) is 1.34. The third-order valence-electron chi connectivity index (χ3n) is 2.25. The first kappa shape index (κ1) is 10.2. The molecule has 0 saturated heterocycles. The number of aliphatic hydroxyl groups excluding tert-OH is 1. The Morgan fingerprint density at radius 2 is 2.23 bits per heavy atom. The average Bonchev–Trinajstić information content (AvgIpc) is 2.11. The van der Waals surface area contributed by atoms with Crippen molar-refractivity contribution < 1.29 is 9.90 Å². The Bertz CT molecular complexity index is 238. The fourth-order valence-electron chi connectivity index (χ4n) is 1.35. The van der Waals surface area contributed by atoms with Gasteiger partial charge in [-0.2, -0.15) is 0 Å². The maximum atomic E-state index is 11.2. The normalized spacial score (nSPS) is 32.0. The van der Waals surface area contributed by atoms with E-state index >= 15 is 0 Å². The largest absolute Gasteiger partial charge is 0.385 e. The van der Waals surface area contributed by atoms with Crippen LogP contribution in [0.4, 0.5) is 0 Å². The van der Waals surface area contributed by atoms with Crippen molar-refractivity contribution in [2.45, 2.75) is 38.7 Å². The van der Waals surface area contributed by atoms with Crippen LogP contribution in [-0.2, 0) is 4.79 Å². The van der Waals surface area contributed by atoms with Gasteiger partial charge in [0.2, 0.25) is 0 Å². The Morgan fingerprint density at radius 3 is 3.00 bits per heavy atom. The van der Waals surface area contributed by atoms with Crippen LogP contribution in [-0.4, -0.2) is 17.0 Å². The molecule has 1 atom stereocenters. The standard InChI is InChI=1S/C11H16O2/c1-9-5-2-3-7-10(12)11(13)8-4-6-9/h3,6-7,11,13H,2,4-5,8H2,1H3/b7-3-,9-6+. The molecular weight excluding hydrogens is 164 g/mol. The summed E-state index contributed by atoms with van der Waals surface area (Å²) in [4.78, 5) is 11.2. The molecule has 0 aromatic rings. The van der Waals surface area contributed by atoms with E-state index in [0.29, 0.717) is 6.42 Å². The highest BCUT2D eigenvalue weighted by molar-refractivity contribution is 5.93. The second kappa shape index (κ2) is 4.97. The summed E-state index contributed by atoms with van der Waals surface area (Å²) < 4.78 is 0. The minimum atomic E-state index is -0.807. The molecule has 0 heterocycles. The Labute approximate surface area is 79.0 Å². The lowest BCUT2D eigenvalue weighted by Gasteiger charge is -2.07. The monoisotopic (exact) mass is 180 g/mol. The molecule has 0 aromatic carbocycles. The van der Waals surface area contributed by atoms with Gasteiger partial charge in [0.25, 0.3) is 0 Å². The third-order valence-corrected chi connectivity index (χ3v) is 2.25. The molecule has 0 radical (unpaired) electrons. The van der Waals surface area contributed by atoms with Gasteiger partial charge in [0, 0.05) is 0 Å². The molecule has 1 rings (SSSR count). The molecule has 2 nitrogen and oxygen atoms in total. The van der Waals surface area contributed by atoms with E-state index in [1.165, 1.54) is 11.6 Å². The van der Waals surface area contributed by atoms with Crippen LogP contribution in [0.25, 0.3) is 0 Å². The third kappa shape index (κ3) is 3.55. The molecule has 0 aromatic heterocycles. The predicted octanol–water partition coefficient (Wildman–Crippen LogP) is 1.99. The van der Waals surface area contributed by atoms with E-state index in [1.54, 1.807) is 0 Å². The first-order valence-corrected chi connectivity index (χ1v) is 4.74. The van der Waals surface area contributed by atoms with E-state index < -0.39 is 6.10 Å². The van der Waals surface area contributed by atoms with Gasteiger partial charge < -0.3 is 5.11 Å². The summed E-state index contributed by atoms with van der Waals surface area (Å²) >= 11 is 0. The zero-order valence-corrected chi connectivity index (χ0v) is 7.99. The summed E-state index contributed by atoms with van der Waals surface area (Å²) in [5.74, 6) is -0.159. The Balaban J connectivity index is 2.60. The number of hydrogen-bond donors (Lipinski definition) is 1. The number of hydrogen-bond acceptors (Lipinski definition) is 2. The molecule has 13 heavy (non-hydrogen) atoms. The van der Waals surface area contributed by atoms with E-state index in [2.05, 4.69) is 13.0 Å². The van der Waals surface area contributed by atoms with Crippen molar-refractivity contribution in [1.82, 2.24) is 0 Å². The van der Waals surface area contributed by atoms with Gasteiger partial charge in [-0.3, -0.25) is 4.79 Å². The molecule has 0 saturated carbocycles. The van der Waals surface area contributed by atoms with Crippen molar-refractivity contribution in [3.05, 3.63) is 23.8 Å². The van der Waals surface area contributed by atoms with Gasteiger partial charge in [-0.1, -0.05) is 17.7 Å². The lowest BCUT2D eigenvalue weighted by Crippen LogP contribution is -2.17. The fourth-order valence-corrected chi connectivity index (χ4v) is 1.35. The van der Waals surface area contributed by atoms with E-state index in [4.69, 9.17) is 0 Å². The van der Waals surface area contributed by atoms with Crippen LogP contribution in [0.5, 0.6) is 0 Å². The summed E-state index contributed by atoms with van der Waals surface area (Å²) in [6, 6.07) is 0. The predicted molar refractivity (Wildman–Crippen MR) is 52.4 cm³/mol. The fraction of sp³-hybridized carbons (Fsp3) is 0.545. The summed E-state index contributed by atoms with van der Waals surface area (Å²) in [6.07, 6.45) is 7.89. The van der Waals surface area contributed by atoms with Crippen molar-refractivity contribution in [1.29, 1.82) is 0 Å². The Morgan fingerprint density at radius 1 is 1.46 bits per heavy atom. The Kier molecular flexibility index (Phi) is 3.90. The van der Waals surface area contributed by atoms with Gasteiger partial charge in [0.15, 0.2) is 5.78 Å². The molecule has 0 bridgehead atoms.